The number of carbonyl (C=O) groups excluding carboxylic acids is 1. The van der Waals surface area contributed by atoms with Crippen molar-refractivity contribution >= 4 is 29.5 Å². The first-order valence-corrected chi connectivity index (χ1v) is 10.3. The number of nitrogens with zero attached hydrogens (tertiary/aromatic N) is 5. The fourth-order valence-electron chi connectivity index (χ4n) is 3.86. The van der Waals surface area contributed by atoms with Gasteiger partial charge in [0, 0.05) is 31.7 Å². The van der Waals surface area contributed by atoms with E-state index >= 15 is 0 Å². The zero-order chi connectivity index (χ0) is 20.1. The molecule has 154 valence electrons. The summed E-state index contributed by atoms with van der Waals surface area (Å²) in [6.07, 6.45) is 0.572. The van der Waals surface area contributed by atoms with Gasteiger partial charge in [0.1, 0.15) is 16.6 Å². The van der Waals surface area contributed by atoms with Gasteiger partial charge >= 0.3 is 6.09 Å². The summed E-state index contributed by atoms with van der Waals surface area (Å²) < 4.78 is 11.0. The number of anilines is 2. The van der Waals surface area contributed by atoms with E-state index in [1.165, 1.54) is 0 Å². The van der Waals surface area contributed by atoms with Crippen molar-refractivity contribution in [3.05, 3.63) is 10.7 Å². The Morgan fingerprint density at radius 1 is 1.21 bits per heavy atom. The fourth-order valence-corrected chi connectivity index (χ4v) is 4.12. The Morgan fingerprint density at radius 3 is 2.64 bits per heavy atom. The van der Waals surface area contributed by atoms with Gasteiger partial charge in [-0.1, -0.05) is 11.6 Å². The molecule has 3 aliphatic heterocycles. The van der Waals surface area contributed by atoms with Gasteiger partial charge in [0.15, 0.2) is 0 Å². The summed E-state index contributed by atoms with van der Waals surface area (Å²) in [7, 11) is 0. The minimum Gasteiger partial charge on any atom is -0.444 e. The van der Waals surface area contributed by atoms with Gasteiger partial charge in [-0.3, -0.25) is 0 Å². The highest BCUT2D eigenvalue weighted by Crippen LogP contribution is 2.36. The van der Waals surface area contributed by atoms with Crippen LogP contribution in [0.1, 0.15) is 33.3 Å². The molecule has 0 bridgehead atoms. The van der Waals surface area contributed by atoms with E-state index in [9.17, 15) is 4.79 Å². The lowest BCUT2D eigenvalue weighted by Gasteiger charge is -2.44. The van der Waals surface area contributed by atoms with Crippen molar-refractivity contribution < 1.29 is 14.3 Å². The third-order valence-electron chi connectivity index (χ3n) is 5.38. The molecule has 4 rings (SSSR count). The number of morpholine rings is 1. The Balaban J connectivity index is 1.48. The van der Waals surface area contributed by atoms with Crippen molar-refractivity contribution in [2.75, 3.05) is 49.2 Å². The van der Waals surface area contributed by atoms with E-state index in [0.29, 0.717) is 37.4 Å². The molecule has 0 radical (unpaired) electrons. The summed E-state index contributed by atoms with van der Waals surface area (Å²) in [4.78, 5) is 27.8. The predicted molar refractivity (Wildman–Crippen MR) is 107 cm³/mol. The average Bonchev–Trinajstić information content (AvgIpc) is 2.96. The molecule has 9 heteroatoms. The molecule has 0 saturated carbocycles. The molecule has 0 aromatic carbocycles. The molecule has 1 atom stereocenters. The number of hydrogen-bond donors (Lipinski definition) is 0. The smallest absolute Gasteiger partial charge is 0.410 e. The minimum absolute atomic E-state index is 0.212. The standard InChI is InChI=1S/C19H28ClN5O3/c1-12-11-27-8-7-24(12)17-21-15(20)14-5-6-25(16(14)22-17)13-9-23(10-13)18(26)28-19(2,3)4/h12-13H,5-11H2,1-4H3/t12-/m0/s1. The van der Waals surface area contributed by atoms with Crippen LogP contribution in [0.3, 0.4) is 0 Å². The van der Waals surface area contributed by atoms with E-state index in [0.717, 1.165) is 30.9 Å². The lowest BCUT2D eigenvalue weighted by Crippen LogP contribution is -2.61. The van der Waals surface area contributed by atoms with Crippen LogP contribution >= 0.6 is 11.6 Å². The molecule has 0 unspecified atom stereocenters. The second-order valence-electron chi connectivity index (χ2n) is 8.72. The summed E-state index contributed by atoms with van der Waals surface area (Å²) in [5.74, 6) is 1.57. The van der Waals surface area contributed by atoms with Crippen molar-refractivity contribution in [1.82, 2.24) is 14.9 Å². The molecular weight excluding hydrogens is 382 g/mol. The van der Waals surface area contributed by atoms with Crippen LogP contribution < -0.4 is 9.80 Å². The number of aromatic nitrogens is 2. The lowest BCUT2D eigenvalue weighted by molar-refractivity contribution is 0.00821. The number of halogens is 1. The van der Waals surface area contributed by atoms with Crippen molar-refractivity contribution in [1.29, 1.82) is 0 Å². The van der Waals surface area contributed by atoms with E-state index in [2.05, 4.69) is 21.7 Å². The molecule has 28 heavy (non-hydrogen) atoms. The number of rotatable bonds is 2. The molecule has 0 N–H and O–H groups in total. The first-order chi connectivity index (χ1) is 13.2. The van der Waals surface area contributed by atoms with E-state index in [4.69, 9.17) is 26.1 Å². The van der Waals surface area contributed by atoms with Crippen LogP contribution in [-0.4, -0.2) is 78.0 Å². The highest BCUT2D eigenvalue weighted by molar-refractivity contribution is 6.30. The number of amides is 1. The van der Waals surface area contributed by atoms with Crippen molar-refractivity contribution in [3.8, 4) is 0 Å². The Kier molecular flexibility index (Phi) is 5.03. The normalized spacial score (nSPS) is 22.9. The zero-order valence-electron chi connectivity index (χ0n) is 16.9. The van der Waals surface area contributed by atoms with Gasteiger partial charge in [-0.05, 0) is 34.1 Å². The summed E-state index contributed by atoms with van der Waals surface area (Å²) in [6.45, 7) is 12.0. The van der Waals surface area contributed by atoms with Gasteiger partial charge in [0.25, 0.3) is 0 Å². The van der Waals surface area contributed by atoms with Crippen LogP contribution in [0.4, 0.5) is 16.6 Å². The van der Waals surface area contributed by atoms with E-state index in [1.54, 1.807) is 4.90 Å². The van der Waals surface area contributed by atoms with Crippen LogP contribution in [0, 0.1) is 0 Å². The van der Waals surface area contributed by atoms with Gasteiger partial charge in [0.05, 0.1) is 25.3 Å². The van der Waals surface area contributed by atoms with Gasteiger partial charge in [-0.25, -0.2) is 9.78 Å². The van der Waals surface area contributed by atoms with Crippen LogP contribution in [0.2, 0.25) is 5.15 Å². The monoisotopic (exact) mass is 409 g/mol. The first kappa shape index (κ1) is 19.5. The van der Waals surface area contributed by atoms with Crippen LogP contribution in [0.25, 0.3) is 0 Å². The maximum atomic E-state index is 12.2. The topological polar surface area (TPSA) is 71.0 Å². The van der Waals surface area contributed by atoms with Gasteiger partial charge in [-0.15, -0.1) is 0 Å². The van der Waals surface area contributed by atoms with Crippen molar-refractivity contribution in [2.45, 2.75) is 51.8 Å². The quantitative estimate of drug-likeness (QED) is 0.694. The molecule has 1 amide bonds. The second-order valence-corrected chi connectivity index (χ2v) is 9.07. The van der Waals surface area contributed by atoms with Crippen molar-refractivity contribution in [3.63, 3.8) is 0 Å². The van der Waals surface area contributed by atoms with Crippen LogP contribution in [-0.2, 0) is 15.9 Å². The van der Waals surface area contributed by atoms with Gasteiger partial charge < -0.3 is 24.2 Å². The SMILES string of the molecule is C[C@H]1COCCN1c1nc(Cl)c2c(n1)N(C1CN(C(=O)OC(C)(C)C)C1)CC2. The lowest BCUT2D eigenvalue weighted by atomic mass is 10.1. The molecule has 2 fully saturated rings. The molecule has 2 saturated heterocycles. The summed E-state index contributed by atoms with van der Waals surface area (Å²) in [5, 5.41) is 0.532. The van der Waals surface area contributed by atoms with E-state index < -0.39 is 5.60 Å². The number of carbonyl (C=O) groups is 1. The molecule has 1 aromatic heterocycles. The van der Waals surface area contributed by atoms with Gasteiger partial charge in [-0.2, -0.15) is 4.98 Å². The molecular formula is C19H28ClN5O3. The number of ether oxygens (including phenoxy) is 2. The van der Waals surface area contributed by atoms with Gasteiger partial charge in [0.2, 0.25) is 5.95 Å². The highest BCUT2D eigenvalue weighted by Gasteiger charge is 2.41. The molecule has 0 spiro atoms. The Labute approximate surface area is 170 Å². The van der Waals surface area contributed by atoms with E-state index in [-0.39, 0.29) is 18.2 Å². The molecule has 0 aliphatic carbocycles. The fraction of sp³-hybridized carbons (Fsp3) is 0.737. The molecule has 8 nitrogen and oxygen atoms in total. The maximum absolute atomic E-state index is 12.2. The highest BCUT2D eigenvalue weighted by atomic mass is 35.5. The number of fused-ring (bicyclic) bond motifs is 1. The predicted octanol–water partition coefficient (Wildman–Crippen LogP) is 2.34. The Hall–Kier alpha value is -1.80. The molecule has 1 aromatic rings. The Bertz CT molecular complexity index is 763. The second kappa shape index (κ2) is 7.22. The third kappa shape index (κ3) is 3.72. The Morgan fingerprint density at radius 2 is 1.96 bits per heavy atom. The van der Waals surface area contributed by atoms with Crippen molar-refractivity contribution in [2.24, 2.45) is 0 Å². The average molecular weight is 410 g/mol. The summed E-state index contributed by atoms with van der Waals surface area (Å²) in [5.41, 5.74) is 0.523. The number of likely N-dealkylation sites (tertiary alicyclic amines) is 1. The summed E-state index contributed by atoms with van der Waals surface area (Å²) in [6, 6.07) is 0.443. The largest absolute Gasteiger partial charge is 0.444 e. The molecule has 3 aliphatic rings. The van der Waals surface area contributed by atoms with Crippen LogP contribution in [0.5, 0.6) is 0 Å². The van der Waals surface area contributed by atoms with E-state index in [1.807, 2.05) is 20.8 Å². The third-order valence-corrected chi connectivity index (χ3v) is 5.69. The zero-order valence-corrected chi connectivity index (χ0v) is 17.7. The number of hydrogen-bond acceptors (Lipinski definition) is 7. The minimum atomic E-state index is -0.479. The first-order valence-electron chi connectivity index (χ1n) is 9.88. The maximum Gasteiger partial charge on any atom is 0.410 e. The molecule has 4 heterocycles. The summed E-state index contributed by atoms with van der Waals surface area (Å²) >= 11 is 6.50. The van der Waals surface area contributed by atoms with Crippen LogP contribution in [0.15, 0.2) is 0 Å².